The number of para-hydroxylation sites is 1. The van der Waals surface area contributed by atoms with Gasteiger partial charge in [-0.2, -0.15) is 0 Å². The number of rotatable bonds is 10. The molecular weight excluding hydrogens is 290 g/mol. The number of urea groups is 1. The van der Waals surface area contributed by atoms with Crippen LogP contribution in [0.4, 0.5) is 4.79 Å². The van der Waals surface area contributed by atoms with Crippen LogP contribution in [0.2, 0.25) is 0 Å². The van der Waals surface area contributed by atoms with Gasteiger partial charge in [-0.05, 0) is 30.9 Å². The summed E-state index contributed by atoms with van der Waals surface area (Å²) in [6, 6.07) is 8.09. The molecule has 0 spiro atoms. The van der Waals surface area contributed by atoms with Crippen LogP contribution in [-0.2, 0) is 11.2 Å². The number of unbranched alkanes of at least 4 members (excludes halogenated alkanes) is 1. The monoisotopic (exact) mass is 317 g/mol. The number of fused-ring (bicyclic) bond motifs is 1. The van der Waals surface area contributed by atoms with E-state index in [1.807, 2.05) is 18.3 Å². The molecule has 0 aliphatic carbocycles. The van der Waals surface area contributed by atoms with Crippen molar-refractivity contribution in [1.29, 1.82) is 0 Å². The summed E-state index contributed by atoms with van der Waals surface area (Å²) >= 11 is 0. The fourth-order valence-electron chi connectivity index (χ4n) is 2.44. The summed E-state index contributed by atoms with van der Waals surface area (Å²) in [4.78, 5) is 14.9. The van der Waals surface area contributed by atoms with E-state index in [4.69, 9.17) is 4.74 Å². The van der Waals surface area contributed by atoms with Gasteiger partial charge in [0.25, 0.3) is 0 Å². The molecular formula is C18H27N3O2. The van der Waals surface area contributed by atoms with Crippen LogP contribution in [0.3, 0.4) is 0 Å². The van der Waals surface area contributed by atoms with Crippen molar-refractivity contribution >= 4 is 16.9 Å². The lowest BCUT2D eigenvalue weighted by molar-refractivity contribution is 0.129. The number of aromatic nitrogens is 1. The third kappa shape index (κ3) is 5.94. The number of nitrogens with one attached hydrogen (secondary N) is 3. The zero-order valence-electron chi connectivity index (χ0n) is 13.9. The summed E-state index contributed by atoms with van der Waals surface area (Å²) in [5, 5.41) is 6.97. The quantitative estimate of drug-likeness (QED) is 0.589. The van der Waals surface area contributed by atoms with Crippen LogP contribution in [0.15, 0.2) is 30.5 Å². The van der Waals surface area contributed by atoms with Gasteiger partial charge in [-0.25, -0.2) is 4.79 Å². The van der Waals surface area contributed by atoms with Gasteiger partial charge in [-0.3, -0.25) is 0 Å². The smallest absolute Gasteiger partial charge is 0.314 e. The van der Waals surface area contributed by atoms with Crippen LogP contribution >= 0.6 is 0 Å². The second-order valence-corrected chi connectivity index (χ2v) is 5.61. The molecule has 0 unspecified atom stereocenters. The number of benzene rings is 1. The largest absolute Gasteiger partial charge is 0.381 e. The van der Waals surface area contributed by atoms with Gasteiger partial charge >= 0.3 is 6.03 Å². The van der Waals surface area contributed by atoms with E-state index in [0.717, 1.165) is 37.8 Å². The number of ether oxygens (including phenoxy) is 1. The number of H-pyrrole nitrogens is 1. The van der Waals surface area contributed by atoms with Gasteiger partial charge in [0, 0.05) is 43.4 Å². The Kier molecular flexibility index (Phi) is 7.46. The Labute approximate surface area is 137 Å². The van der Waals surface area contributed by atoms with Gasteiger partial charge in [0.05, 0.1) is 0 Å². The van der Waals surface area contributed by atoms with Gasteiger partial charge < -0.3 is 20.4 Å². The summed E-state index contributed by atoms with van der Waals surface area (Å²) < 4.78 is 5.45. The van der Waals surface area contributed by atoms with Crippen molar-refractivity contribution in [2.75, 3.05) is 26.3 Å². The molecule has 1 aromatic carbocycles. The zero-order chi connectivity index (χ0) is 16.3. The van der Waals surface area contributed by atoms with Gasteiger partial charge in [-0.15, -0.1) is 0 Å². The first kappa shape index (κ1) is 17.3. The predicted molar refractivity (Wildman–Crippen MR) is 93.7 cm³/mol. The lowest BCUT2D eigenvalue weighted by Gasteiger charge is -2.08. The summed E-state index contributed by atoms with van der Waals surface area (Å²) in [5.41, 5.74) is 2.36. The lowest BCUT2D eigenvalue weighted by atomic mass is 10.1. The van der Waals surface area contributed by atoms with E-state index in [9.17, 15) is 4.79 Å². The SMILES string of the molecule is CCCCOCCCNC(=O)NCCc1c[nH]c2ccccc12. The molecule has 0 saturated heterocycles. The second kappa shape index (κ2) is 9.90. The van der Waals surface area contributed by atoms with Crippen molar-refractivity contribution in [2.45, 2.75) is 32.6 Å². The van der Waals surface area contributed by atoms with E-state index in [1.165, 1.54) is 10.9 Å². The van der Waals surface area contributed by atoms with Crippen molar-refractivity contribution in [3.63, 3.8) is 0 Å². The Morgan fingerprint density at radius 3 is 2.78 bits per heavy atom. The standard InChI is InChI=1S/C18H27N3O2/c1-2-3-12-23-13-6-10-19-18(22)20-11-9-15-14-21-17-8-5-4-7-16(15)17/h4-5,7-8,14,21H,2-3,6,9-13H2,1H3,(H2,19,20,22). The highest BCUT2D eigenvalue weighted by Gasteiger charge is 2.04. The number of hydrogen-bond donors (Lipinski definition) is 3. The molecule has 0 fully saturated rings. The van der Waals surface area contributed by atoms with Crippen molar-refractivity contribution in [3.05, 3.63) is 36.0 Å². The summed E-state index contributed by atoms with van der Waals surface area (Å²) in [6.07, 6.45) is 5.92. The first-order valence-corrected chi connectivity index (χ1v) is 8.45. The first-order chi connectivity index (χ1) is 11.3. The van der Waals surface area contributed by atoms with Crippen LogP contribution in [0, 0.1) is 0 Å². The Hall–Kier alpha value is -2.01. The number of aromatic amines is 1. The van der Waals surface area contributed by atoms with Gasteiger partial charge in [0.15, 0.2) is 0 Å². The minimum absolute atomic E-state index is 0.113. The summed E-state index contributed by atoms with van der Waals surface area (Å²) in [5.74, 6) is 0. The van der Waals surface area contributed by atoms with E-state index < -0.39 is 0 Å². The third-order valence-corrected chi connectivity index (χ3v) is 3.75. The van der Waals surface area contributed by atoms with Crippen molar-refractivity contribution in [1.82, 2.24) is 15.6 Å². The molecule has 1 heterocycles. The second-order valence-electron chi connectivity index (χ2n) is 5.61. The lowest BCUT2D eigenvalue weighted by Crippen LogP contribution is -2.37. The first-order valence-electron chi connectivity index (χ1n) is 8.45. The molecule has 5 heteroatoms. The van der Waals surface area contributed by atoms with Crippen LogP contribution in [0.5, 0.6) is 0 Å². The number of amides is 2. The van der Waals surface area contributed by atoms with Crippen LogP contribution < -0.4 is 10.6 Å². The number of hydrogen-bond acceptors (Lipinski definition) is 2. The fraction of sp³-hybridized carbons (Fsp3) is 0.500. The Morgan fingerprint density at radius 2 is 1.91 bits per heavy atom. The molecule has 2 aromatic rings. The molecule has 23 heavy (non-hydrogen) atoms. The number of carbonyl (C=O) groups is 1. The minimum atomic E-state index is -0.113. The molecule has 0 bridgehead atoms. The highest BCUT2D eigenvalue weighted by Crippen LogP contribution is 2.17. The molecule has 2 amide bonds. The van der Waals surface area contributed by atoms with Crippen LogP contribution in [0.1, 0.15) is 31.7 Å². The Bertz CT molecular complexity index is 595. The van der Waals surface area contributed by atoms with Crippen LogP contribution in [0.25, 0.3) is 10.9 Å². The molecule has 126 valence electrons. The molecule has 2 rings (SSSR count). The van der Waals surface area contributed by atoms with Gasteiger partial charge in [0.1, 0.15) is 0 Å². The topological polar surface area (TPSA) is 66.2 Å². The van der Waals surface area contributed by atoms with E-state index in [0.29, 0.717) is 19.7 Å². The molecule has 0 radical (unpaired) electrons. The van der Waals surface area contributed by atoms with Crippen molar-refractivity contribution in [2.24, 2.45) is 0 Å². The molecule has 0 aliphatic rings. The average molecular weight is 317 g/mol. The maximum Gasteiger partial charge on any atom is 0.314 e. The van der Waals surface area contributed by atoms with E-state index in [-0.39, 0.29) is 6.03 Å². The molecule has 0 saturated carbocycles. The summed E-state index contributed by atoms with van der Waals surface area (Å²) in [6.45, 7) is 4.93. The third-order valence-electron chi connectivity index (χ3n) is 3.75. The van der Waals surface area contributed by atoms with Crippen molar-refractivity contribution in [3.8, 4) is 0 Å². The Balaban J connectivity index is 1.56. The van der Waals surface area contributed by atoms with E-state index in [2.05, 4.69) is 34.7 Å². The van der Waals surface area contributed by atoms with Crippen LogP contribution in [-0.4, -0.2) is 37.3 Å². The summed E-state index contributed by atoms with van der Waals surface area (Å²) in [7, 11) is 0. The van der Waals surface area contributed by atoms with E-state index in [1.54, 1.807) is 0 Å². The van der Waals surface area contributed by atoms with Crippen molar-refractivity contribution < 1.29 is 9.53 Å². The maximum absolute atomic E-state index is 11.7. The highest BCUT2D eigenvalue weighted by atomic mass is 16.5. The van der Waals surface area contributed by atoms with E-state index >= 15 is 0 Å². The molecule has 0 aliphatic heterocycles. The normalized spacial score (nSPS) is 10.8. The predicted octanol–water partition coefficient (Wildman–Crippen LogP) is 3.22. The molecule has 0 atom stereocenters. The maximum atomic E-state index is 11.7. The van der Waals surface area contributed by atoms with Gasteiger partial charge in [0.2, 0.25) is 0 Å². The Morgan fingerprint density at radius 1 is 1.13 bits per heavy atom. The highest BCUT2D eigenvalue weighted by molar-refractivity contribution is 5.83. The fourth-order valence-corrected chi connectivity index (χ4v) is 2.44. The van der Waals surface area contributed by atoms with Gasteiger partial charge in [-0.1, -0.05) is 31.5 Å². The number of carbonyl (C=O) groups excluding carboxylic acids is 1. The molecule has 3 N–H and O–H groups in total. The minimum Gasteiger partial charge on any atom is -0.381 e. The molecule has 5 nitrogen and oxygen atoms in total. The molecule has 1 aromatic heterocycles. The average Bonchev–Trinajstić information content (AvgIpc) is 2.97. The zero-order valence-corrected chi connectivity index (χ0v) is 13.9.